The molecule has 1 N–H and O–H groups in total. The molecule has 0 fully saturated rings. The molecule has 0 spiro atoms. The van der Waals surface area contributed by atoms with Crippen molar-refractivity contribution in [1.82, 2.24) is 10.3 Å². The number of hydrogen-bond acceptors (Lipinski definition) is 4. The van der Waals surface area contributed by atoms with Gasteiger partial charge >= 0.3 is 0 Å². The van der Waals surface area contributed by atoms with Crippen molar-refractivity contribution in [2.24, 2.45) is 0 Å². The minimum atomic E-state index is 0.896. The van der Waals surface area contributed by atoms with Crippen LogP contribution in [0.25, 0.3) is 0 Å². The molecule has 0 bridgehead atoms. The van der Waals surface area contributed by atoms with E-state index in [2.05, 4.69) is 35.4 Å². The molecule has 0 saturated carbocycles. The maximum Gasteiger partial charge on any atom is 0.122 e. The topological polar surface area (TPSA) is 34.1 Å². The standard InChI is InChI=1S/C16H20N2OS/c1-3-17-11-13-4-5-16(19-2)14(10-13)12-20-15-6-8-18-9-7-15/h4-10,17H,3,11-12H2,1-2H3. The molecule has 1 aromatic carbocycles. The van der Waals surface area contributed by atoms with Crippen molar-refractivity contribution in [3.05, 3.63) is 53.9 Å². The number of pyridine rings is 1. The van der Waals surface area contributed by atoms with E-state index in [1.54, 1.807) is 18.9 Å². The van der Waals surface area contributed by atoms with E-state index in [4.69, 9.17) is 4.74 Å². The van der Waals surface area contributed by atoms with E-state index in [1.807, 2.05) is 24.5 Å². The third-order valence-electron chi connectivity index (χ3n) is 2.97. The number of aromatic nitrogens is 1. The Kier molecular flexibility index (Phi) is 5.89. The summed E-state index contributed by atoms with van der Waals surface area (Å²) >= 11 is 1.80. The van der Waals surface area contributed by atoms with E-state index >= 15 is 0 Å². The van der Waals surface area contributed by atoms with Crippen LogP contribution in [-0.4, -0.2) is 18.6 Å². The van der Waals surface area contributed by atoms with Crippen LogP contribution in [0, 0.1) is 0 Å². The molecule has 0 saturated heterocycles. The molecule has 106 valence electrons. The van der Waals surface area contributed by atoms with E-state index in [0.717, 1.165) is 24.6 Å². The minimum absolute atomic E-state index is 0.896. The van der Waals surface area contributed by atoms with Gasteiger partial charge in [-0.15, -0.1) is 11.8 Å². The number of nitrogens with zero attached hydrogens (tertiary/aromatic N) is 1. The molecule has 0 aliphatic carbocycles. The number of methoxy groups -OCH3 is 1. The van der Waals surface area contributed by atoms with Crippen molar-refractivity contribution in [3.63, 3.8) is 0 Å². The van der Waals surface area contributed by atoms with E-state index in [0.29, 0.717) is 0 Å². The number of rotatable bonds is 7. The summed E-state index contributed by atoms with van der Waals surface area (Å²) < 4.78 is 5.45. The molecule has 20 heavy (non-hydrogen) atoms. The molecular weight excluding hydrogens is 268 g/mol. The molecule has 4 heteroatoms. The average Bonchev–Trinajstić information content (AvgIpc) is 2.52. The molecule has 0 radical (unpaired) electrons. The molecule has 0 aliphatic rings. The Morgan fingerprint density at radius 2 is 2.00 bits per heavy atom. The molecule has 3 nitrogen and oxygen atoms in total. The van der Waals surface area contributed by atoms with E-state index in [9.17, 15) is 0 Å². The second-order valence-electron chi connectivity index (χ2n) is 4.40. The van der Waals surface area contributed by atoms with Gasteiger partial charge in [-0.3, -0.25) is 4.98 Å². The summed E-state index contributed by atoms with van der Waals surface area (Å²) in [4.78, 5) is 5.26. The first-order valence-electron chi connectivity index (χ1n) is 6.72. The molecule has 0 atom stereocenters. The largest absolute Gasteiger partial charge is 0.496 e. The zero-order valence-electron chi connectivity index (χ0n) is 11.9. The van der Waals surface area contributed by atoms with Gasteiger partial charge in [0.05, 0.1) is 7.11 Å². The number of ether oxygens (including phenoxy) is 1. The number of hydrogen-bond donors (Lipinski definition) is 1. The summed E-state index contributed by atoms with van der Waals surface area (Å²) in [6.07, 6.45) is 3.64. The number of thioether (sulfide) groups is 1. The fourth-order valence-corrected chi connectivity index (χ4v) is 2.78. The van der Waals surface area contributed by atoms with Crippen molar-refractivity contribution in [1.29, 1.82) is 0 Å². The quantitative estimate of drug-likeness (QED) is 0.791. The Balaban J connectivity index is 2.07. The Labute approximate surface area is 124 Å². The molecule has 1 aromatic heterocycles. The molecule has 2 aromatic rings. The monoisotopic (exact) mass is 288 g/mol. The normalized spacial score (nSPS) is 10.5. The summed E-state index contributed by atoms with van der Waals surface area (Å²) in [5, 5.41) is 3.35. The van der Waals surface area contributed by atoms with Crippen molar-refractivity contribution in [3.8, 4) is 5.75 Å². The Morgan fingerprint density at radius 3 is 2.70 bits per heavy atom. The average molecular weight is 288 g/mol. The highest BCUT2D eigenvalue weighted by Gasteiger charge is 2.05. The van der Waals surface area contributed by atoms with Crippen LogP contribution >= 0.6 is 11.8 Å². The highest BCUT2D eigenvalue weighted by atomic mass is 32.2. The maximum atomic E-state index is 5.45. The lowest BCUT2D eigenvalue weighted by atomic mass is 10.1. The molecule has 0 aliphatic heterocycles. The third-order valence-corrected chi connectivity index (χ3v) is 4.03. The van der Waals surface area contributed by atoms with E-state index < -0.39 is 0 Å². The summed E-state index contributed by atoms with van der Waals surface area (Å²) in [6, 6.07) is 10.4. The van der Waals surface area contributed by atoms with Gasteiger partial charge in [0.1, 0.15) is 5.75 Å². The molecular formula is C16H20N2OS. The number of nitrogens with one attached hydrogen (secondary N) is 1. The summed E-state index contributed by atoms with van der Waals surface area (Å²) in [7, 11) is 1.72. The Morgan fingerprint density at radius 1 is 1.20 bits per heavy atom. The molecule has 2 rings (SSSR count). The first-order valence-corrected chi connectivity index (χ1v) is 7.71. The number of benzene rings is 1. The van der Waals surface area contributed by atoms with Gasteiger partial charge in [0, 0.05) is 35.2 Å². The lowest BCUT2D eigenvalue weighted by Gasteiger charge is -2.11. The van der Waals surface area contributed by atoms with E-state index in [-0.39, 0.29) is 0 Å². The first-order chi connectivity index (χ1) is 9.83. The van der Waals surface area contributed by atoms with Crippen LogP contribution in [0.2, 0.25) is 0 Å². The smallest absolute Gasteiger partial charge is 0.122 e. The van der Waals surface area contributed by atoms with Gasteiger partial charge in [0.25, 0.3) is 0 Å². The van der Waals surface area contributed by atoms with Gasteiger partial charge in [-0.05, 0) is 36.4 Å². The lowest BCUT2D eigenvalue weighted by Crippen LogP contribution is -2.11. The van der Waals surface area contributed by atoms with Crippen LogP contribution in [0.3, 0.4) is 0 Å². The van der Waals surface area contributed by atoms with Crippen LogP contribution in [0.1, 0.15) is 18.1 Å². The van der Waals surface area contributed by atoms with Gasteiger partial charge in [0.2, 0.25) is 0 Å². The summed E-state index contributed by atoms with van der Waals surface area (Å²) in [5.74, 6) is 1.85. The maximum absolute atomic E-state index is 5.45. The van der Waals surface area contributed by atoms with Crippen molar-refractivity contribution < 1.29 is 4.74 Å². The highest BCUT2D eigenvalue weighted by Crippen LogP contribution is 2.28. The van der Waals surface area contributed by atoms with Crippen LogP contribution in [0.15, 0.2) is 47.6 Å². The van der Waals surface area contributed by atoms with Crippen LogP contribution in [0.5, 0.6) is 5.75 Å². The molecule has 0 unspecified atom stereocenters. The summed E-state index contributed by atoms with van der Waals surface area (Å²) in [5.41, 5.74) is 2.52. The van der Waals surface area contributed by atoms with Gasteiger partial charge in [-0.25, -0.2) is 0 Å². The Hall–Kier alpha value is -1.52. The fraction of sp³-hybridized carbons (Fsp3) is 0.312. The van der Waals surface area contributed by atoms with Crippen LogP contribution < -0.4 is 10.1 Å². The lowest BCUT2D eigenvalue weighted by molar-refractivity contribution is 0.411. The second-order valence-corrected chi connectivity index (χ2v) is 5.45. The Bertz CT molecular complexity index is 531. The van der Waals surface area contributed by atoms with E-state index in [1.165, 1.54) is 16.0 Å². The zero-order chi connectivity index (χ0) is 14.2. The van der Waals surface area contributed by atoms with Crippen LogP contribution in [-0.2, 0) is 12.3 Å². The van der Waals surface area contributed by atoms with Gasteiger partial charge in [0.15, 0.2) is 0 Å². The van der Waals surface area contributed by atoms with Gasteiger partial charge in [-0.1, -0.05) is 13.0 Å². The minimum Gasteiger partial charge on any atom is -0.496 e. The van der Waals surface area contributed by atoms with Crippen molar-refractivity contribution in [2.45, 2.75) is 24.1 Å². The molecule has 0 amide bonds. The highest BCUT2D eigenvalue weighted by molar-refractivity contribution is 7.98. The predicted octanol–water partition coefficient (Wildman–Crippen LogP) is 3.49. The molecule has 1 heterocycles. The van der Waals surface area contributed by atoms with Crippen molar-refractivity contribution >= 4 is 11.8 Å². The van der Waals surface area contributed by atoms with Gasteiger partial charge < -0.3 is 10.1 Å². The van der Waals surface area contributed by atoms with Crippen LogP contribution in [0.4, 0.5) is 0 Å². The fourth-order valence-electron chi connectivity index (χ4n) is 1.92. The van der Waals surface area contributed by atoms with Crippen molar-refractivity contribution in [2.75, 3.05) is 13.7 Å². The second kappa shape index (κ2) is 7.92. The summed E-state index contributed by atoms with van der Waals surface area (Å²) in [6.45, 7) is 3.99. The SMILES string of the molecule is CCNCc1ccc(OC)c(CSc2ccncc2)c1. The first kappa shape index (κ1) is 14.9. The third kappa shape index (κ3) is 4.25. The zero-order valence-corrected chi connectivity index (χ0v) is 12.7. The predicted molar refractivity (Wildman–Crippen MR) is 84.2 cm³/mol. The van der Waals surface area contributed by atoms with Gasteiger partial charge in [-0.2, -0.15) is 0 Å².